The first-order valence-corrected chi connectivity index (χ1v) is 5.17. The van der Waals surface area contributed by atoms with Gasteiger partial charge in [0.05, 0.1) is 6.10 Å². The van der Waals surface area contributed by atoms with Gasteiger partial charge in [0.25, 0.3) is 0 Å². The highest BCUT2D eigenvalue weighted by Gasteiger charge is 2.38. The van der Waals surface area contributed by atoms with Crippen LogP contribution in [0.5, 0.6) is 0 Å². The zero-order valence-corrected chi connectivity index (χ0v) is 7.79. The SMILES string of the molecule is C[C@H](O)CNC1CC2CCC1C2. The predicted molar refractivity (Wildman–Crippen MR) is 48.9 cm³/mol. The van der Waals surface area contributed by atoms with Crippen LogP contribution in [0.4, 0.5) is 0 Å². The molecule has 0 radical (unpaired) electrons. The number of nitrogens with one attached hydrogen (secondary N) is 1. The number of hydrogen-bond donors (Lipinski definition) is 2. The number of aliphatic hydroxyl groups excluding tert-OH is 1. The number of rotatable bonds is 3. The lowest BCUT2D eigenvalue weighted by molar-refractivity contribution is 0.179. The van der Waals surface area contributed by atoms with Crippen molar-refractivity contribution < 1.29 is 5.11 Å². The molecule has 0 amide bonds. The summed E-state index contributed by atoms with van der Waals surface area (Å²) in [4.78, 5) is 0. The normalized spacial score (nSPS) is 42.0. The molecular weight excluding hydrogens is 150 g/mol. The first-order valence-electron chi connectivity index (χ1n) is 5.17. The molecule has 2 aliphatic rings. The van der Waals surface area contributed by atoms with Crippen molar-refractivity contribution in [3.05, 3.63) is 0 Å². The van der Waals surface area contributed by atoms with Gasteiger partial charge in [0, 0.05) is 12.6 Å². The molecule has 2 saturated carbocycles. The molecule has 2 N–H and O–H groups in total. The van der Waals surface area contributed by atoms with Crippen LogP contribution in [0.2, 0.25) is 0 Å². The van der Waals surface area contributed by atoms with Crippen LogP contribution in [0, 0.1) is 11.8 Å². The van der Waals surface area contributed by atoms with Gasteiger partial charge in [0.1, 0.15) is 0 Å². The van der Waals surface area contributed by atoms with Gasteiger partial charge in [-0.25, -0.2) is 0 Å². The maximum Gasteiger partial charge on any atom is 0.0636 e. The van der Waals surface area contributed by atoms with E-state index in [0.717, 1.165) is 24.4 Å². The zero-order valence-electron chi connectivity index (χ0n) is 7.79. The Kier molecular flexibility index (Phi) is 2.37. The minimum absolute atomic E-state index is 0.191. The minimum atomic E-state index is -0.191. The summed E-state index contributed by atoms with van der Waals surface area (Å²) < 4.78 is 0. The summed E-state index contributed by atoms with van der Waals surface area (Å²) in [5, 5.41) is 12.6. The van der Waals surface area contributed by atoms with Gasteiger partial charge >= 0.3 is 0 Å². The van der Waals surface area contributed by atoms with E-state index in [-0.39, 0.29) is 6.10 Å². The van der Waals surface area contributed by atoms with Gasteiger partial charge in [-0.3, -0.25) is 0 Å². The van der Waals surface area contributed by atoms with Crippen molar-refractivity contribution >= 4 is 0 Å². The molecule has 4 atom stereocenters. The molecule has 0 saturated heterocycles. The molecule has 70 valence electrons. The molecule has 0 aromatic rings. The molecule has 2 heteroatoms. The van der Waals surface area contributed by atoms with E-state index in [1.165, 1.54) is 25.7 Å². The van der Waals surface area contributed by atoms with Crippen molar-refractivity contribution in [3.8, 4) is 0 Å². The van der Waals surface area contributed by atoms with E-state index in [0.29, 0.717) is 0 Å². The average molecular weight is 169 g/mol. The monoisotopic (exact) mass is 169 g/mol. The Morgan fingerprint density at radius 3 is 2.75 bits per heavy atom. The van der Waals surface area contributed by atoms with Gasteiger partial charge in [0.15, 0.2) is 0 Å². The van der Waals surface area contributed by atoms with Crippen LogP contribution in [0.15, 0.2) is 0 Å². The van der Waals surface area contributed by atoms with Gasteiger partial charge in [-0.2, -0.15) is 0 Å². The van der Waals surface area contributed by atoms with Crippen LogP contribution >= 0.6 is 0 Å². The topological polar surface area (TPSA) is 32.3 Å². The molecule has 2 nitrogen and oxygen atoms in total. The van der Waals surface area contributed by atoms with Gasteiger partial charge in [-0.15, -0.1) is 0 Å². The fraction of sp³-hybridized carbons (Fsp3) is 1.00. The molecule has 0 spiro atoms. The summed E-state index contributed by atoms with van der Waals surface area (Å²) in [6, 6.07) is 0.721. The molecule has 0 heterocycles. The molecule has 0 aliphatic heterocycles. The van der Waals surface area contributed by atoms with Gasteiger partial charge in [-0.05, 0) is 38.0 Å². The number of fused-ring (bicyclic) bond motifs is 2. The molecular formula is C10H19NO. The minimum Gasteiger partial charge on any atom is -0.392 e. The van der Waals surface area contributed by atoms with Crippen LogP contribution in [-0.2, 0) is 0 Å². The quantitative estimate of drug-likeness (QED) is 0.664. The smallest absolute Gasteiger partial charge is 0.0636 e. The maximum absolute atomic E-state index is 9.12. The van der Waals surface area contributed by atoms with Crippen molar-refractivity contribution in [2.24, 2.45) is 11.8 Å². The molecule has 12 heavy (non-hydrogen) atoms. The van der Waals surface area contributed by atoms with E-state index in [4.69, 9.17) is 5.11 Å². The van der Waals surface area contributed by atoms with Crippen LogP contribution in [0.3, 0.4) is 0 Å². The molecule has 0 aromatic heterocycles. The highest BCUT2D eigenvalue weighted by Crippen LogP contribution is 2.44. The first kappa shape index (κ1) is 8.52. The van der Waals surface area contributed by atoms with Crippen LogP contribution in [-0.4, -0.2) is 23.8 Å². The highest BCUT2D eigenvalue weighted by molar-refractivity contribution is 4.94. The summed E-state index contributed by atoms with van der Waals surface area (Å²) >= 11 is 0. The largest absolute Gasteiger partial charge is 0.392 e. The van der Waals surface area contributed by atoms with Crippen molar-refractivity contribution in [2.45, 2.75) is 44.8 Å². The lowest BCUT2D eigenvalue weighted by atomic mass is 9.95. The summed E-state index contributed by atoms with van der Waals surface area (Å²) in [6.45, 7) is 2.62. The van der Waals surface area contributed by atoms with Crippen LogP contribution < -0.4 is 5.32 Å². The van der Waals surface area contributed by atoms with Crippen molar-refractivity contribution in [3.63, 3.8) is 0 Å². The van der Waals surface area contributed by atoms with Gasteiger partial charge in [-0.1, -0.05) is 6.42 Å². The fourth-order valence-electron chi connectivity index (χ4n) is 2.82. The van der Waals surface area contributed by atoms with E-state index in [9.17, 15) is 0 Å². The molecule has 2 fully saturated rings. The predicted octanol–water partition coefficient (Wildman–Crippen LogP) is 1.15. The number of hydrogen-bond acceptors (Lipinski definition) is 2. The third-order valence-corrected chi connectivity index (χ3v) is 3.41. The van der Waals surface area contributed by atoms with E-state index >= 15 is 0 Å². The summed E-state index contributed by atoms with van der Waals surface area (Å²) in [5.74, 6) is 1.93. The fourth-order valence-corrected chi connectivity index (χ4v) is 2.82. The Hall–Kier alpha value is -0.0800. The Bertz CT molecular complexity index is 158. The summed E-state index contributed by atoms with van der Waals surface area (Å²) in [5.41, 5.74) is 0. The second-order valence-corrected chi connectivity index (χ2v) is 4.54. The second kappa shape index (κ2) is 3.35. The van der Waals surface area contributed by atoms with E-state index in [1.807, 2.05) is 6.92 Å². The van der Waals surface area contributed by atoms with Crippen molar-refractivity contribution in [1.82, 2.24) is 5.32 Å². The van der Waals surface area contributed by atoms with Crippen LogP contribution in [0.1, 0.15) is 32.6 Å². The van der Waals surface area contributed by atoms with Gasteiger partial charge < -0.3 is 10.4 Å². The van der Waals surface area contributed by atoms with Crippen molar-refractivity contribution in [1.29, 1.82) is 0 Å². The first-order chi connectivity index (χ1) is 5.75. The number of aliphatic hydroxyl groups is 1. The molecule has 0 aromatic carbocycles. The Morgan fingerprint density at radius 1 is 1.42 bits per heavy atom. The maximum atomic E-state index is 9.12. The van der Waals surface area contributed by atoms with Gasteiger partial charge in [0.2, 0.25) is 0 Å². The average Bonchev–Trinajstić information content (AvgIpc) is 2.60. The van der Waals surface area contributed by atoms with E-state index in [1.54, 1.807) is 0 Å². The molecule has 2 aliphatic carbocycles. The highest BCUT2D eigenvalue weighted by atomic mass is 16.3. The second-order valence-electron chi connectivity index (χ2n) is 4.54. The summed E-state index contributed by atoms with van der Waals surface area (Å²) in [6.07, 6.45) is 5.48. The Labute approximate surface area is 74.4 Å². The van der Waals surface area contributed by atoms with E-state index in [2.05, 4.69) is 5.32 Å². The van der Waals surface area contributed by atoms with Crippen LogP contribution in [0.25, 0.3) is 0 Å². The van der Waals surface area contributed by atoms with E-state index < -0.39 is 0 Å². The zero-order chi connectivity index (χ0) is 8.55. The third-order valence-electron chi connectivity index (χ3n) is 3.41. The standard InChI is InChI=1S/C10H19NO/c1-7(12)6-11-10-5-8-2-3-9(10)4-8/h7-12H,2-6H2,1H3/t7-,8?,9?,10?/m0/s1. The lowest BCUT2D eigenvalue weighted by Crippen LogP contribution is -2.38. The summed E-state index contributed by atoms with van der Waals surface area (Å²) in [7, 11) is 0. The molecule has 2 bridgehead atoms. The third kappa shape index (κ3) is 1.64. The lowest BCUT2D eigenvalue weighted by Gasteiger charge is -2.23. The molecule has 2 rings (SSSR count). The Balaban J connectivity index is 1.76. The molecule has 3 unspecified atom stereocenters. The van der Waals surface area contributed by atoms with Crippen molar-refractivity contribution in [2.75, 3.05) is 6.54 Å². The Morgan fingerprint density at radius 2 is 2.25 bits per heavy atom.